The second-order valence-corrected chi connectivity index (χ2v) is 8.62. The Kier molecular flexibility index (Phi) is 6.10. The largest absolute Gasteiger partial charge is 0.506 e. The summed E-state index contributed by atoms with van der Waals surface area (Å²) in [5, 5.41) is 20.3. The third kappa shape index (κ3) is 4.04. The molecule has 0 amide bonds. The second kappa shape index (κ2) is 8.82. The van der Waals surface area contributed by atoms with E-state index in [1.54, 1.807) is 13.2 Å². The van der Waals surface area contributed by atoms with Gasteiger partial charge in [0.05, 0.1) is 24.6 Å². The number of carbonyl (C=O) groups is 1. The Balaban J connectivity index is 1.88. The molecule has 3 N–H and O–H groups in total. The number of carboxylic acid groups (broad SMARTS) is 1. The van der Waals surface area contributed by atoms with Gasteiger partial charge in [-0.15, -0.1) is 0 Å². The molecule has 1 saturated carbocycles. The molecule has 0 radical (unpaired) electrons. The zero-order chi connectivity index (χ0) is 23.0. The van der Waals surface area contributed by atoms with Gasteiger partial charge in [0, 0.05) is 43.6 Å². The molecule has 3 heterocycles. The van der Waals surface area contributed by atoms with Crippen molar-refractivity contribution < 1.29 is 29.2 Å². The van der Waals surface area contributed by atoms with Crippen LogP contribution in [0.2, 0.25) is 0 Å². The maximum atomic E-state index is 12.6. The van der Waals surface area contributed by atoms with E-state index in [9.17, 15) is 19.8 Å². The van der Waals surface area contributed by atoms with Gasteiger partial charge in [-0.05, 0) is 18.8 Å². The minimum atomic E-state index is -1.48. The summed E-state index contributed by atoms with van der Waals surface area (Å²) in [7, 11) is 1.64. The van der Waals surface area contributed by atoms with Gasteiger partial charge in [0.2, 0.25) is 0 Å². The highest BCUT2D eigenvalue weighted by molar-refractivity contribution is 5.92. The predicted octanol–water partition coefficient (Wildman–Crippen LogP) is 3.27. The van der Waals surface area contributed by atoms with Gasteiger partial charge in [0.1, 0.15) is 17.2 Å². The standard InChI is InChI=1S/C23H28N2O7/c1-11(2)13-10-32-15-9-14(31-8-4-7-30-3)18(12-5-6-12)24-19(15)20-16(13)21(26)17(23(28)29)22(27)25-20/h9,11-13H,4-8,10H2,1-3H3,(H,28,29)(H2,25,26,27). The number of fused-ring (bicyclic) bond motifs is 3. The highest BCUT2D eigenvalue weighted by Crippen LogP contribution is 2.49. The average Bonchev–Trinajstić information content (AvgIpc) is 3.57. The predicted molar refractivity (Wildman–Crippen MR) is 116 cm³/mol. The van der Waals surface area contributed by atoms with Crippen LogP contribution in [0.3, 0.4) is 0 Å². The van der Waals surface area contributed by atoms with E-state index in [0.29, 0.717) is 41.7 Å². The number of rotatable bonds is 8. The number of aromatic nitrogens is 2. The molecule has 0 bridgehead atoms. The normalized spacial score (nSPS) is 17.3. The monoisotopic (exact) mass is 444 g/mol. The minimum Gasteiger partial charge on any atom is -0.506 e. The summed E-state index contributed by atoms with van der Waals surface area (Å²) in [5.41, 5.74) is 0.271. The fourth-order valence-corrected chi connectivity index (χ4v) is 4.07. The van der Waals surface area contributed by atoms with Crippen LogP contribution < -0.4 is 15.0 Å². The molecule has 1 atom stereocenters. The number of hydrogen-bond donors (Lipinski definition) is 3. The van der Waals surface area contributed by atoms with Crippen molar-refractivity contribution >= 4 is 5.97 Å². The Labute approximate surface area is 185 Å². The molecule has 0 spiro atoms. The number of hydrogen-bond acceptors (Lipinski definition) is 7. The Morgan fingerprint density at radius 1 is 1.34 bits per heavy atom. The molecule has 0 aromatic carbocycles. The molecule has 1 unspecified atom stereocenters. The van der Waals surface area contributed by atoms with Gasteiger partial charge in [-0.1, -0.05) is 13.8 Å². The lowest BCUT2D eigenvalue weighted by molar-refractivity contribution is 0.0691. The van der Waals surface area contributed by atoms with Gasteiger partial charge >= 0.3 is 5.97 Å². The van der Waals surface area contributed by atoms with Gasteiger partial charge in [-0.25, -0.2) is 9.78 Å². The van der Waals surface area contributed by atoms with Gasteiger partial charge in [-0.2, -0.15) is 0 Å². The number of carboxylic acids is 1. The molecule has 0 saturated heterocycles. The summed E-state index contributed by atoms with van der Waals surface area (Å²) >= 11 is 0. The van der Waals surface area contributed by atoms with Crippen molar-refractivity contribution in [3.63, 3.8) is 0 Å². The number of pyridine rings is 2. The SMILES string of the molecule is COCCCOc1cc2c(nc1C1CC1)-c1[nH]c(=O)c(C(=O)O)c(O)c1C(C(C)C)CO2. The van der Waals surface area contributed by atoms with Gasteiger partial charge in [0.15, 0.2) is 11.3 Å². The molecule has 1 aliphatic carbocycles. The molecule has 32 heavy (non-hydrogen) atoms. The maximum Gasteiger partial charge on any atom is 0.345 e. The van der Waals surface area contributed by atoms with Crippen LogP contribution in [0.15, 0.2) is 10.9 Å². The number of H-pyrrole nitrogens is 1. The van der Waals surface area contributed by atoms with Gasteiger partial charge < -0.3 is 29.4 Å². The Morgan fingerprint density at radius 2 is 2.09 bits per heavy atom. The van der Waals surface area contributed by atoms with Crippen LogP contribution in [0.4, 0.5) is 0 Å². The molecule has 1 fully saturated rings. The summed E-state index contributed by atoms with van der Waals surface area (Å²) in [5.74, 6) is -1.02. The Bertz CT molecular complexity index is 1090. The third-order valence-corrected chi connectivity index (χ3v) is 5.97. The van der Waals surface area contributed by atoms with Crippen LogP contribution in [0.25, 0.3) is 11.4 Å². The first-order valence-corrected chi connectivity index (χ1v) is 10.9. The van der Waals surface area contributed by atoms with Crippen molar-refractivity contribution in [2.45, 2.75) is 44.9 Å². The minimum absolute atomic E-state index is 0.00850. The van der Waals surface area contributed by atoms with Crippen LogP contribution >= 0.6 is 0 Å². The highest BCUT2D eigenvalue weighted by Gasteiger charge is 2.36. The molecule has 2 aromatic rings. The Morgan fingerprint density at radius 3 is 2.72 bits per heavy atom. The molecule has 9 nitrogen and oxygen atoms in total. The summed E-state index contributed by atoms with van der Waals surface area (Å²) < 4.78 is 17.1. The highest BCUT2D eigenvalue weighted by atomic mass is 16.5. The van der Waals surface area contributed by atoms with Crippen LogP contribution in [-0.4, -0.2) is 53.1 Å². The summed E-state index contributed by atoms with van der Waals surface area (Å²) in [6.45, 7) is 5.16. The van der Waals surface area contributed by atoms with Crippen LogP contribution in [0, 0.1) is 5.92 Å². The number of nitrogens with one attached hydrogen (secondary N) is 1. The molecule has 2 aromatic heterocycles. The van der Waals surface area contributed by atoms with Crippen LogP contribution in [0.1, 0.15) is 66.6 Å². The average molecular weight is 444 g/mol. The quantitative estimate of drug-likeness (QED) is 0.529. The van der Waals surface area contributed by atoms with E-state index in [2.05, 4.69) is 4.98 Å². The first kappa shape index (κ1) is 22.1. The first-order chi connectivity index (χ1) is 15.3. The van der Waals surface area contributed by atoms with Crippen molar-refractivity contribution in [2.75, 3.05) is 26.9 Å². The van der Waals surface area contributed by atoms with E-state index in [1.807, 2.05) is 13.8 Å². The van der Waals surface area contributed by atoms with E-state index in [-0.39, 0.29) is 24.4 Å². The lowest BCUT2D eigenvalue weighted by atomic mass is 9.86. The first-order valence-electron chi connectivity index (χ1n) is 10.9. The van der Waals surface area contributed by atoms with Crippen molar-refractivity contribution in [1.29, 1.82) is 0 Å². The summed E-state index contributed by atoms with van der Waals surface area (Å²) in [6.07, 6.45) is 2.71. The molecule has 1 aliphatic heterocycles. The molecule has 2 aliphatic rings. The second-order valence-electron chi connectivity index (χ2n) is 8.62. The zero-order valence-corrected chi connectivity index (χ0v) is 18.4. The molecule has 172 valence electrons. The molecule has 4 rings (SSSR count). The fourth-order valence-electron chi connectivity index (χ4n) is 4.07. The van der Waals surface area contributed by atoms with E-state index in [0.717, 1.165) is 25.0 Å². The number of nitrogens with zero attached hydrogens (tertiary/aromatic N) is 1. The molecule has 9 heteroatoms. The number of aromatic carboxylic acids is 1. The van der Waals surface area contributed by atoms with Crippen LogP contribution in [-0.2, 0) is 4.74 Å². The number of methoxy groups -OCH3 is 1. The summed E-state index contributed by atoms with van der Waals surface area (Å²) in [4.78, 5) is 31.7. The summed E-state index contributed by atoms with van der Waals surface area (Å²) in [6, 6.07) is 1.79. The van der Waals surface area contributed by atoms with E-state index in [1.165, 1.54) is 0 Å². The van der Waals surface area contributed by atoms with Gasteiger partial charge in [-0.3, -0.25) is 4.79 Å². The number of aromatic amines is 1. The van der Waals surface area contributed by atoms with Crippen molar-refractivity contribution in [3.8, 4) is 28.6 Å². The lowest BCUT2D eigenvalue weighted by Gasteiger charge is -2.22. The zero-order valence-electron chi connectivity index (χ0n) is 18.4. The lowest BCUT2D eigenvalue weighted by Crippen LogP contribution is -2.23. The van der Waals surface area contributed by atoms with E-state index in [4.69, 9.17) is 19.2 Å². The van der Waals surface area contributed by atoms with Crippen molar-refractivity contribution in [3.05, 3.63) is 33.2 Å². The van der Waals surface area contributed by atoms with Crippen molar-refractivity contribution in [2.24, 2.45) is 5.92 Å². The van der Waals surface area contributed by atoms with E-state index < -0.39 is 22.8 Å². The maximum absolute atomic E-state index is 12.6. The third-order valence-electron chi connectivity index (χ3n) is 5.97. The molecular weight excluding hydrogens is 416 g/mol. The number of aromatic hydroxyl groups is 1. The topological polar surface area (TPSA) is 131 Å². The van der Waals surface area contributed by atoms with Crippen molar-refractivity contribution in [1.82, 2.24) is 9.97 Å². The fraction of sp³-hybridized carbons (Fsp3) is 0.522. The molecular formula is C23H28N2O7. The van der Waals surface area contributed by atoms with E-state index >= 15 is 0 Å². The smallest absolute Gasteiger partial charge is 0.345 e. The Hall–Kier alpha value is -3.07. The van der Waals surface area contributed by atoms with Crippen LogP contribution in [0.5, 0.6) is 17.2 Å². The van der Waals surface area contributed by atoms with Gasteiger partial charge in [0.25, 0.3) is 5.56 Å². The number of ether oxygens (including phenoxy) is 3.